The molecule has 14 heavy (non-hydrogen) atoms. The van der Waals surface area contributed by atoms with Crippen LogP contribution in [-0.2, 0) is 4.79 Å². The Hall–Kier alpha value is -1.11. The van der Waals surface area contributed by atoms with E-state index in [1.807, 2.05) is 6.08 Å². The Morgan fingerprint density at radius 1 is 1.07 bits per heavy atom. The van der Waals surface area contributed by atoms with Gasteiger partial charge in [-0.05, 0) is 43.3 Å². The fourth-order valence-electron chi connectivity index (χ4n) is 2.84. The maximum absolute atomic E-state index is 11.7. The molecule has 0 atom stereocenters. The smallest absolute Gasteiger partial charge is 0.163 e. The summed E-state index contributed by atoms with van der Waals surface area (Å²) in [7, 11) is 0. The molecule has 3 rings (SSSR count). The van der Waals surface area contributed by atoms with Gasteiger partial charge in [0.1, 0.15) is 0 Å². The molecule has 0 N–H and O–H groups in total. The molecular weight excluding hydrogens is 172 g/mol. The lowest BCUT2D eigenvalue weighted by molar-refractivity contribution is -0.115. The Labute approximate surface area is 84.2 Å². The van der Waals surface area contributed by atoms with E-state index in [4.69, 9.17) is 0 Å². The average molecular weight is 186 g/mol. The van der Waals surface area contributed by atoms with E-state index >= 15 is 0 Å². The van der Waals surface area contributed by atoms with Gasteiger partial charge in [0, 0.05) is 12.0 Å². The number of carbonyl (C=O) groups excluding carboxylic acids is 1. The van der Waals surface area contributed by atoms with Gasteiger partial charge >= 0.3 is 0 Å². The van der Waals surface area contributed by atoms with Gasteiger partial charge in [-0.3, -0.25) is 4.79 Å². The van der Waals surface area contributed by atoms with Gasteiger partial charge in [0.25, 0.3) is 0 Å². The van der Waals surface area contributed by atoms with Crippen LogP contribution in [0.3, 0.4) is 0 Å². The summed E-state index contributed by atoms with van der Waals surface area (Å²) in [6, 6.07) is 0. The molecule has 72 valence electrons. The Bertz CT molecular complexity index is 393. The Balaban J connectivity index is 2.05. The van der Waals surface area contributed by atoms with Crippen molar-refractivity contribution in [2.45, 2.75) is 38.5 Å². The van der Waals surface area contributed by atoms with Crippen LogP contribution in [0.5, 0.6) is 0 Å². The minimum absolute atomic E-state index is 0.358. The van der Waals surface area contributed by atoms with Gasteiger partial charge in [-0.1, -0.05) is 17.7 Å². The van der Waals surface area contributed by atoms with Crippen LogP contribution in [0.4, 0.5) is 0 Å². The molecule has 0 heterocycles. The summed E-state index contributed by atoms with van der Waals surface area (Å²) < 4.78 is 0. The highest BCUT2D eigenvalue weighted by Gasteiger charge is 2.29. The van der Waals surface area contributed by atoms with Crippen molar-refractivity contribution in [2.75, 3.05) is 0 Å². The van der Waals surface area contributed by atoms with Crippen LogP contribution in [0.15, 0.2) is 34.4 Å². The molecule has 0 saturated carbocycles. The molecule has 0 aliphatic heterocycles. The van der Waals surface area contributed by atoms with Crippen molar-refractivity contribution in [3.63, 3.8) is 0 Å². The van der Waals surface area contributed by atoms with E-state index in [-0.39, 0.29) is 0 Å². The Morgan fingerprint density at radius 2 is 1.93 bits per heavy atom. The van der Waals surface area contributed by atoms with Crippen LogP contribution in [0.1, 0.15) is 38.5 Å². The van der Waals surface area contributed by atoms with E-state index in [1.165, 1.54) is 36.8 Å². The first-order valence-corrected chi connectivity index (χ1v) is 5.50. The number of ketones is 1. The van der Waals surface area contributed by atoms with Crippen LogP contribution >= 0.6 is 0 Å². The predicted octanol–water partition coefficient (Wildman–Crippen LogP) is 3.09. The number of carbonyl (C=O) groups is 1. The van der Waals surface area contributed by atoms with Gasteiger partial charge in [0.2, 0.25) is 0 Å². The van der Waals surface area contributed by atoms with Crippen molar-refractivity contribution < 1.29 is 4.79 Å². The SMILES string of the molecule is O=C1CC=CC2=C1CC1=C2CCCC1. The summed E-state index contributed by atoms with van der Waals surface area (Å²) in [6.07, 6.45) is 10.8. The molecule has 0 aromatic rings. The van der Waals surface area contributed by atoms with E-state index in [0.717, 1.165) is 12.0 Å². The van der Waals surface area contributed by atoms with Crippen molar-refractivity contribution in [3.8, 4) is 0 Å². The van der Waals surface area contributed by atoms with Crippen molar-refractivity contribution in [1.82, 2.24) is 0 Å². The van der Waals surface area contributed by atoms with Gasteiger partial charge in [-0.25, -0.2) is 0 Å². The standard InChI is InChI=1S/C13H14O/c14-13-7-3-6-11-10-5-2-1-4-9(10)8-12(11)13/h3,6H,1-2,4-5,7-8H2. The molecule has 0 bridgehead atoms. The zero-order chi connectivity index (χ0) is 9.54. The van der Waals surface area contributed by atoms with Crippen LogP contribution in [0.25, 0.3) is 0 Å². The molecule has 0 aromatic heterocycles. The second-order valence-corrected chi connectivity index (χ2v) is 4.39. The third-order valence-corrected chi connectivity index (χ3v) is 3.55. The molecule has 0 spiro atoms. The summed E-state index contributed by atoms with van der Waals surface area (Å²) >= 11 is 0. The summed E-state index contributed by atoms with van der Waals surface area (Å²) in [6.45, 7) is 0. The molecule has 0 fully saturated rings. The average Bonchev–Trinajstić information content (AvgIpc) is 2.59. The molecule has 3 aliphatic carbocycles. The van der Waals surface area contributed by atoms with Crippen LogP contribution in [0, 0.1) is 0 Å². The maximum Gasteiger partial charge on any atom is 0.163 e. The third-order valence-electron chi connectivity index (χ3n) is 3.55. The Kier molecular flexibility index (Phi) is 1.73. The first-order chi connectivity index (χ1) is 6.86. The minimum atomic E-state index is 0.358. The molecule has 1 nitrogen and oxygen atoms in total. The fraction of sp³-hybridized carbons (Fsp3) is 0.462. The highest BCUT2D eigenvalue weighted by atomic mass is 16.1. The number of rotatable bonds is 0. The zero-order valence-corrected chi connectivity index (χ0v) is 8.31. The molecule has 0 amide bonds. The van der Waals surface area contributed by atoms with E-state index in [1.54, 1.807) is 5.57 Å². The van der Waals surface area contributed by atoms with Gasteiger partial charge in [-0.15, -0.1) is 0 Å². The summed E-state index contributed by atoms with van der Waals surface area (Å²) in [4.78, 5) is 11.7. The lowest BCUT2D eigenvalue weighted by Gasteiger charge is -2.15. The quantitative estimate of drug-likeness (QED) is 0.568. The minimum Gasteiger partial charge on any atom is -0.294 e. The highest BCUT2D eigenvalue weighted by Crippen LogP contribution is 2.43. The molecular formula is C13H14O. The van der Waals surface area contributed by atoms with Gasteiger partial charge < -0.3 is 0 Å². The van der Waals surface area contributed by atoms with Gasteiger partial charge in [0.05, 0.1) is 0 Å². The lowest BCUT2D eigenvalue weighted by atomic mass is 9.90. The first kappa shape index (κ1) is 8.22. The predicted molar refractivity (Wildman–Crippen MR) is 55.9 cm³/mol. The van der Waals surface area contributed by atoms with Crippen molar-refractivity contribution >= 4 is 5.78 Å². The van der Waals surface area contributed by atoms with Crippen LogP contribution < -0.4 is 0 Å². The molecule has 1 heteroatoms. The first-order valence-electron chi connectivity index (χ1n) is 5.50. The number of hydrogen-bond acceptors (Lipinski definition) is 1. The fourth-order valence-corrected chi connectivity index (χ4v) is 2.84. The lowest BCUT2D eigenvalue weighted by Crippen LogP contribution is -2.05. The third kappa shape index (κ3) is 1.05. The topological polar surface area (TPSA) is 17.1 Å². The number of fused-ring (bicyclic) bond motifs is 1. The van der Waals surface area contributed by atoms with E-state index in [0.29, 0.717) is 12.2 Å². The van der Waals surface area contributed by atoms with Gasteiger partial charge in [0.15, 0.2) is 5.78 Å². The number of allylic oxidation sites excluding steroid dienone is 6. The largest absolute Gasteiger partial charge is 0.294 e. The number of Topliss-reactive ketones (excluding diaryl/α,β-unsaturated/α-hetero) is 1. The summed E-state index contributed by atoms with van der Waals surface area (Å²) in [5.41, 5.74) is 5.46. The summed E-state index contributed by atoms with van der Waals surface area (Å²) in [5, 5.41) is 0. The van der Waals surface area contributed by atoms with E-state index in [9.17, 15) is 4.79 Å². The second kappa shape index (κ2) is 2.94. The van der Waals surface area contributed by atoms with Gasteiger partial charge in [-0.2, -0.15) is 0 Å². The number of hydrogen-bond donors (Lipinski definition) is 0. The summed E-state index contributed by atoms with van der Waals surface area (Å²) in [5.74, 6) is 0.358. The maximum atomic E-state index is 11.7. The van der Waals surface area contributed by atoms with Crippen LogP contribution in [-0.4, -0.2) is 5.78 Å². The molecule has 0 radical (unpaired) electrons. The molecule has 0 saturated heterocycles. The van der Waals surface area contributed by atoms with E-state index < -0.39 is 0 Å². The normalized spacial score (nSPS) is 25.6. The van der Waals surface area contributed by atoms with E-state index in [2.05, 4.69) is 6.08 Å². The molecule has 0 aromatic carbocycles. The van der Waals surface area contributed by atoms with Crippen molar-refractivity contribution in [1.29, 1.82) is 0 Å². The van der Waals surface area contributed by atoms with Crippen molar-refractivity contribution in [3.05, 3.63) is 34.4 Å². The highest BCUT2D eigenvalue weighted by molar-refractivity contribution is 6.01. The van der Waals surface area contributed by atoms with Crippen molar-refractivity contribution in [2.24, 2.45) is 0 Å². The van der Waals surface area contributed by atoms with Crippen LogP contribution in [0.2, 0.25) is 0 Å². The monoisotopic (exact) mass is 186 g/mol. The second-order valence-electron chi connectivity index (χ2n) is 4.39. The molecule has 3 aliphatic rings. The zero-order valence-electron chi connectivity index (χ0n) is 8.31. The Morgan fingerprint density at radius 3 is 2.86 bits per heavy atom. The molecule has 0 unspecified atom stereocenters.